The highest BCUT2D eigenvalue weighted by molar-refractivity contribution is 7.89. The highest BCUT2D eigenvalue weighted by Crippen LogP contribution is 2.25. The van der Waals surface area contributed by atoms with Crippen molar-refractivity contribution < 1.29 is 13.2 Å². The van der Waals surface area contributed by atoms with Gasteiger partial charge in [-0.05, 0) is 54.4 Å². The molecule has 1 heterocycles. The smallest absolute Gasteiger partial charge is 0.279 e. The van der Waals surface area contributed by atoms with E-state index >= 15 is 0 Å². The van der Waals surface area contributed by atoms with Gasteiger partial charge in [0.1, 0.15) is 0 Å². The van der Waals surface area contributed by atoms with E-state index in [0.717, 1.165) is 21.3 Å². The summed E-state index contributed by atoms with van der Waals surface area (Å²) in [6.45, 7) is 2.21. The summed E-state index contributed by atoms with van der Waals surface area (Å²) in [7, 11) is -0.309. The maximum Gasteiger partial charge on any atom is 0.279 e. The molecule has 9 heteroatoms. The molecule has 1 amide bonds. The quantitative estimate of drug-likeness (QED) is 0.397. The summed E-state index contributed by atoms with van der Waals surface area (Å²) in [5.41, 5.74) is 3.17. The highest BCUT2D eigenvalue weighted by atomic mass is 35.5. The minimum atomic E-state index is -3.69. The number of hydrogen-bond acceptors (Lipinski definition) is 4. The highest BCUT2D eigenvalue weighted by Gasteiger charge is 2.21. The Balaban J connectivity index is 1.59. The Morgan fingerprint density at radius 1 is 1.09 bits per heavy atom. The van der Waals surface area contributed by atoms with E-state index in [0.29, 0.717) is 15.4 Å². The molecule has 0 N–H and O–H groups in total. The molecule has 3 aromatic carbocycles. The van der Waals surface area contributed by atoms with Gasteiger partial charge in [-0.25, -0.2) is 8.42 Å². The molecule has 170 valence electrons. The molecule has 0 radical (unpaired) electrons. The number of carbonyl (C=O) groups excluding carboxylic acids is 1. The van der Waals surface area contributed by atoms with Crippen LogP contribution >= 0.6 is 22.9 Å². The van der Waals surface area contributed by atoms with Crippen LogP contribution in [-0.2, 0) is 23.6 Å². The number of sulfonamides is 1. The summed E-state index contributed by atoms with van der Waals surface area (Å²) < 4.78 is 29.9. The largest absolute Gasteiger partial charge is 0.319 e. The third-order valence-corrected chi connectivity index (χ3v) is 8.42. The third-order valence-electron chi connectivity index (χ3n) is 5.31. The number of aromatic nitrogens is 1. The fraction of sp³-hybridized carbons (Fsp3) is 0.167. The first-order chi connectivity index (χ1) is 15.7. The Morgan fingerprint density at radius 2 is 1.76 bits per heavy atom. The molecular formula is C24H22ClN3O3S2. The number of aryl methyl sites for hydroxylation is 2. The van der Waals surface area contributed by atoms with Crippen molar-refractivity contribution >= 4 is 49.1 Å². The van der Waals surface area contributed by atoms with Gasteiger partial charge in [-0.2, -0.15) is 9.30 Å². The molecule has 1 aromatic heterocycles. The summed E-state index contributed by atoms with van der Waals surface area (Å²) >= 11 is 7.53. The average Bonchev–Trinajstić information content (AvgIpc) is 3.09. The summed E-state index contributed by atoms with van der Waals surface area (Å²) in [4.78, 5) is 17.7. The van der Waals surface area contributed by atoms with Crippen LogP contribution < -0.4 is 4.80 Å². The lowest BCUT2D eigenvalue weighted by atomic mass is 10.2. The van der Waals surface area contributed by atoms with Gasteiger partial charge in [0.2, 0.25) is 10.0 Å². The van der Waals surface area contributed by atoms with Gasteiger partial charge < -0.3 is 4.57 Å². The molecule has 4 rings (SSSR count). The summed E-state index contributed by atoms with van der Waals surface area (Å²) in [5, 5.41) is 0.633. The van der Waals surface area contributed by atoms with Crippen molar-refractivity contribution in [3.05, 3.63) is 93.2 Å². The number of hydrogen-bond donors (Lipinski definition) is 0. The fourth-order valence-electron chi connectivity index (χ4n) is 3.60. The molecule has 0 bridgehead atoms. The van der Waals surface area contributed by atoms with Crippen LogP contribution in [0.15, 0.2) is 76.6 Å². The van der Waals surface area contributed by atoms with Crippen molar-refractivity contribution in [2.75, 3.05) is 7.05 Å². The van der Waals surface area contributed by atoms with E-state index < -0.39 is 15.9 Å². The Hall–Kier alpha value is -2.78. The molecule has 0 aliphatic carbocycles. The number of thiazole rings is 1. The molecule has 33 heavy (non-hydrogen) atoms. The predicted molar refractivity (Wildman–Crippen MR) is 132 cm³/mol. The molecule has 0 saturated carbocycles. The first-order valence-electron chi connectivity index (χ1n) is 10.1. The molecule has 0 aliphatic rings. The van der Waals surface area contributed by atoms with Gasteiger partial charge in [0, 0.05) is 31.2 Å². The van der Waals surface area contributed by atoms with Crippen molar-refractivity contribution in [3.63, 3.8) is 0 Å². The number of amides is 1. The summed E-state index contributed by atoms with van der Waals surface area (Å²) in [6.07, 6.45) is 0. The lowest BCUT2D eigenvalue weighted by molar-refractivity contribution is 0.0998. The van der Waals surface area contributed by atoms with Gasteiger partial charge in [-0.1, -0.05) is 53.3 Å². The Morgan fingerprint density at radius 3 is 2.42 bits per heavy atom. The van der Waals surface area contributed by atoms with E-state index in [-0.39, 0.29) is 11.4 Å². The van der Waals surface area contributed by atoms with Crippen LogP contribution in [0.4, 0.5) is 0 Å². The predicted octanol–water partition coefficient (Wildman–Crippen LogP) is 4.76. The molecule has 0 aliphatic heterocycles. The lowest BCUT2D eigenvalue weighted by Crippen LogP contribution is -2.26. The van der Waals surface area contributed by atoms with E-state index in [9.17, 15) is 13.2 Å². The molecule has 0 atom stereocenters. The van der Waals surface area contributed by atoms with E-state index in [4.69, 9.17) is 11.6 Å². The van der Waals surface area contributed by atoms with E-state index in [2.05, 4.69) is 4.99 Å². The maximum absolute atomic E-state index is 12.9. The average molecular weight is 500 g/mol. The van der Waals surface area contributed by atoms with Gasteiger partial charge in [-0.15, -0.1) is 0 Å². The first-order valence-corrected chi connectivity index (χ1v) is 12.8. The van der Waals surface area contributed by atoms with Crippen LogP contribution in [0.25, 0.3) is 10.2 Å². The Bertz CT molecular complexity index is 1510. The van der Waals surface area contributed by atoms with Crippen LogP contribution in [0, 0.1) is 6.92 Å². The number of benzene rings is 3. The van der Waals surface area contributed by atoms with Crippen LogP contribution in [0.1, 0.15) is 21.5 Å². The summed E-state index contributed by atoms with van der Waals surface area (Å²) in [6, 6.07) is 18.9. The van der Waals surface area contributed by atoms with Gasteiger partial charge >= 0.3 is 0 Å². The number of nitrogens with zero attached hydrogens (tertiary/aromatic N) is 3. The second-order valence-electron chi connectivity index (χ2n) is 7.70. The second kappa shape index (κ2) is 9.23. The number of carbonyl (C=O) groups is 1. The van der Waals surface area contributed by atoms with Crippen molar-refractivity contribution in [2.45, 2.75) is 18.4 Å². The molecule has 4 aromatic rings. The van der Waals surface area contributed by atoms with Crippen molar-refractivity contribution in [3.8, 4) is 0 Å². The van der Waals surface area contributed by atoms with Crippen LogP contribution in [-0.4, -0.2) is 30.2 Å². The van der Waals surface area contributed by atoms with Gasteiger partial charge in [-0.3, -0.25) is 4.79 Å². The molecular weight excluding hydrogens is 478 g/mol. The van der Waals surface area contributed by atoms with Crippen LogP contribution in [0.3, 0.4) is 0 Å². The van der Waals surface area contributed by atoms with Crippen LogP contribution in [0.5, 0.6) is 0 Å². The zero-order valence-electron chi connectivity index (χ0n) is 18.3. The second-order valence-corrected chi connectivity index (χ2v) is 11.2. The minimum absolute atomic E-state index is 0.121. The summed E-state index contributed by atoms with van der Waals surface area (Å²) in [5.74, 6) is -0.442. The number of halogens is 1. The van der Waals surface area contributed by atoms with Crippen molar-refractivity contribution in [2.24, 2.45) is 12.0 Å². The minimum Gasteiger partial charge on any atom is -0.319 e. The zero-order chi connectivity index (χ0) is 23.8. The maximum atomic E-state index is 12.9. The topological polar surface area (TPSA) is 71.7 Å². The van der Waals surface area contributed by atoms with E-state index in [1.807, 2.05) is 61.0 Å². The normalized spacial score (nSPS) is 12.6. The van der Waals surface area contributed by atoms with Gasteiger partial charge in [0.25, 0.3) is 5.91 Å². The number of rotatable bonds is 5. The van der Waals surface area contributed by atoms with Crippen molar-refractivity contribution in [1.82, 2.24) is 8.87 Å². The molecule has 0 spiro atoms. The van der Waals surface area contributed by atoms with Crippen molar-refractivity contribution in [1.29, 1.82) is 0 Å². The van der Waals surface area contributed by atoms with E-state index in [1.165, 1.54) is 47.0 Å². The number of fused-ring (bicyclic) bond motifs is 1. The Kier molecular flexibility index (Phi) is 6.54. The SMILES string of the molecule is Cc1cc(Cl)cc2sc(=NC(=O)c3ccc(S(=O)(=O)N(C)Cc4ccccc4)cc3)n(C)c12. The van der Waals surface area contributed by atoms with Gasteiger partial charge in [0.05, 0.1) is 15.1 Å². The monoisotopic (exact) mass is 499 g/mol. The van der Waals surface area contributed by atoms with Crippen LogP contribution in [0.2, 0.25) is 5.02 Å². The lowest BCUT2D eigenvalue weighted by Gasteiger charge is -2.17. The fourth-order valence-corrected chi connectivity index (χ4v) is 6.23. The molecule has 0 fully saturated rings. The molecule has 6 nitrogen and oxygen atoms in total. The molecule has 0 saturated heterocycles. The van der Waals surface area contributed by atoms with Gasteiger partial charge in [0.15, 0.2) is 4.80 Å². The van der Waals surface area contributed by atoms with E-state index in [1.54, 1.807) is 0 Å². The Labute approximate surface area is 201 Å². The first kappa shape index (κ1) is 23.4. The third kappa shape index (κ3) is 4.79. The molecule has 0 unspecified atom stereocenters. The standard InChI is InChI=1S/C24H22ClN3O3S2/c1-16-13-19(25)14-21-22(16)28(3)24(32-21)26-23(29)18-9-11-20(12-10-18)33(30,31)27(2)15-17-7-5-4-6-8-17/h4-14H,15H2,1-3H3. The zero-order valence-corrected chi connectivity index (χ0v) is 20.7.